The second kappa shape index (κ2) is 4.67. The van der Waals surface area contributed by atoms with Crippen molar-refractivity contribution >= 4 is 0 Å². The van der Waals surface area contributed by atoms with Crippen molar-refractivity contribution in [1.82, 2.24) is 9.78 Å². The Morgan fingerprint density at radius 3 is 2.53 bits per heavy atom. The number of benzene rings is 1. The standard InChI is InChI=1S/C13H16FN3/c1-9-7-13(17(2)16-9)12(15)8-10-3-5-11(14)6-4-10/h3-7,12H,8,15H2,1-2H3. The van der Waals surface area contributed by atoms with E-state index in [1.807, 2.05) is 20.0 Å². The number of hydrogen-bond acceptors (Lipinski definition) is 2. The Morgan fingerprint density at radius 1 is 1.35 bits per heavy atom. The summed E-state index contributed by atoms with van der Waals surface area (Å²) in [5.74, 6) is -0.223. The summed E-state index contributed by atoms with van der Waals surface area (Å²) in [6, 6.07) is 8.30. The maximum Gasteiger partial charge on any atom is 0.123 e. The summed E-state index contributed by atoms with van der Waals surface area (Å²) in [7, 11) is 1.88. The molecule has 17 heavy (non-hydrogen) atoms. The van der Waals surface area contributed by atoms with E-state index >= 15 is 0 Å². The fourth-order valence-corrected chi connectivity index (χ4v) is 1.96. The Labute approximate surface area is 100 Å². The van der Waals surface area contributed by atoms with Crippen LogP contribution >= 0.6 is 0 Å². The largest absolute Gasteiger partial charge is 0.322 e. The van der Waals surface area contributed by atoms with Crippen LogP contribution in [-0.4, -0.2) is 9.78 Å². The molecule has 0 aliphatic carbocycles. The zero-order chi connectivity index (χ0) is 12.4. The molecule has 0 amide bonds. The van der Waals surface area contributed by atoms with Crippen molar-refractivity contribution in [3.8, 4) is 0 Å². The van der Waals surface area contributed by atoms with Crippen molar-refractivity contribution in [2.24, 2.45) is 12.8 Å². The molecule has 0 spiro atoms. The molecule has 1 unspecified atom stereocenters. The van der Waals surface area contributed by atoms with Crippen LogP contribution in [0, 0.1) is 12.7 Å². The molecule has 2 aromatic rings. The van der Waals surface area contributed by atoms with Crippen LogP contribution in [0.25, 0.3) is 0 Å². The average molecular weight is 233 g/mol. The van der Waals surface area contributed by atoms with Gasteiger partial charge >= 0.3 is 0 Å². The molecular weight excluding hydrogens is 217 g/mol. The van der Waals surface area contributed by atoms with Gasteiger partial charge in [0.25, 0.3) is 0 Å². The quantitative estimate of drug-likeness (QED) is 0.882. The van der Waals surface area contributed by atoms with Gasteiger partial charge in [0.05, 0.1) is 17.4 Å². The van der Waals surface area contributed by atoms with Crippen molar-refractivity contribution in [3.05, 3.63) is 53.1 Å². The minimum absolute atomic E-state index is 0.119. The first-order valence-electron chi connectivity index (χ1n) is 5.57. The van der Waals surface area contributed by atoms with Crippen LogP contribution in [0.3, 0.4) is 0 Å². The summed E-state index contributed by atoms with van der Waals surface area (Å²) < 4.78 is 14.6. The Kier molecular flexibility index (Phi) is 3.24. The second-order valence-electron chi connectivity index (χ2n) is 4.27. The monoisotopic (exact) mass is 233 g/mol. The van der Waals surface area contributed by atoms with Crippen LogP contribution in [0.2, 0.25) is 0 Å². The third-order valence-corrected chi connectivity index (χ3v) is 2.79. The van der Waals surface area contributed by atoms with E-state index < -0.39 is 0 Å². The predicted octanol–water partition coefficient (Wildman–Crippen LogP) is 2.11. The lowest BCUT2D eigenvalue weighted by molar-refractivity contribution is 0.610. The number of halogens is 1. The summed E-state index contributed by atoms with van der Waals surface area (Å²) in [5, 5.41) is 4.26. The molecule has 0 saturated heterocycles. The van der Waals surface area contributed by atoms with E-state index in [1.165, 1.54) is 12.1 Å². The summed E-state index contributed by atoms with van der Waals surface area (Å²) >= 11 is 0. The van der Waals surface area contributed by atoms with E-state index in [0.29, 0.717) is 6.42 Å². The molecule has 1 aromatic heterocycles. The van der Waals surface area contributed by atoms with Crippen molar-refractivity contribution in [2.75, 3.05) is 0 Å². The third kappa shape index (κ3) is 2.71. The fourth-order valence-electron chi connectivity index (χ4n) is 1.96. The molecule has 90 valence electrons. The van der Waals surface area contributed by atoms with Crippen molar-refractivity contribution < 1.29 is 4.39 Å². The highest BCUT2D eigenvalue weighted by molar-refractivity contribution is 5.21. The molecule has 3 nitrogen and oxygen atoms in total. The first-order chi connectivity index (χ1) is 8.06. The van der Waals surface area contributed by atoms with E-state index in [1.54, 1.807) is 16.8 Å². The third-order valence-electron chi connectivity index (χ3n) is 2.79. The molecule has 1 heterocycles. The molecule has 0 aliphatic rings. The van der Waals surface area contributed by atoms with Gasteiger partial charge in [0.15, 0.2) is 0 Å². The van der Waals surface area contributed by atoms with Crippen LogP contribution in [0.15, 0.2) is 30.3 Å². The molecule has 1 aromatic carbocycles. The van der Waals surface area contributed by atoms with Gasteiger partial charge in [0, 0.05) is 7.05 Å². The highest BCUT2D eigenvalue weighted by Crippen LogP contribution is 2.16. The van der Waals surface area contributed by atoms with Crippen LogP contribution in [-0.2, 0) is 13.5 Å². The maximum absolute atomic E-state index is 12.8. The normalized spacial score (nSPS) is 12.7. The van der Waals surface area contributed by atoms with Gasteiger partial charge in [-0.15, -0.1) is 0 Å². The lowest BCUT2D eigenvalue weighted by Crippen LogP contribution is -2.17. The minimum Gasteiger partial charge on any atom is -0.322 e. The number of aryl methyl sites for hydroxylation is 2. The van der Waals surface area contributed by atoms with Gasteiger partial charge in [-0.05, 0) is 37.1 Å². The molecule has 0 saturated carbocycles. The Hall–Kier alpha value is -1.68. The van der Waals surface area contributed by atoms with Gasteiger partial charge in [-0.1, -0.05) is 12.1 Å². The lowest BCUT2D eigenvalue weighted by Gasteiger charge is -2.11. The Bertz CT molecular complexity index is 502. The smallest absolute Gasteiger partial charge is 0.123 e. The summed E-state index contributed by atoms with van der Waals surface area (Å²) in [6.07, 6.45) is 0.680. The zero-order valence-electron chi connectivity index (χ0n) is 10.0. The van der Waals surface area contributed by atoms with E-state index in [9.17, 15) is 4.39 Å². The van der Waals surface area contributed by atoms with Gasteiger partial charge in [0.1, 0.15) is 5.82 Å². The molecule has 2 N–H and O–H groups in total. The topological polar surface area (TPSA) is 43.8 Å². The molecule has 0 bridgehead atoms. The Morgan fingerprint density at radius 2 is 2.00 bits per heavy atom. The summed E-state index contributed by atoms with van der Waals surface area (Å²) in [6.45, 7) is 1.94. The minimum atomic E-state index is -0.223. The van der Waals surface area contributed by atoms with Gasteiger partial charge in [0.2, 0.25) is 0 Å². The number of hydrogen-bond donors (Lipinski definition) is 1. The number of rotatable bonds is 3. The van der Waals surface area contributed by atoms with Gasteiger partial charge in [-0.3, -0.25) is 4.68 Å². The van der Waals surface area contributed by atoms with Crippen LogP contribution in [0.1, 0.15) is 23.0 Å². The number of nitrogens with zero attached hydrogens (tertiary/aromatic N) is 2. The van der Waals surface area contributed by atoms with E-state index in [-0.39, 0.29) is 11.9 Å². The number of nitrogens with two attached hydrogens (primary N) is 1. The first-order valence-corrected chi connectivity index (χ1v) is 5.57. The van der Waals surface area contributed by atoms with Crippen molar-refractivity contribution in [1.29, 1.82) is 0 Å². The summed E-state index contributed by atoms with van der Waals surface area (Å²) in [4.78, 5) is 0. The van der Waals surface area contributed by atoms with E-state index in [4.69, 9.17) is 5.73 Å². The second-order valence-corrected chi connectivity index (χ2v) is 4.27. The van der Waals surface area contributed by atoms with Crippen LogP contribution in [0.5, 0.6) is 0 Å². The number of aromatic nitrogens is 2. The molecule has 4 heteroatoms. The molecule has 0 radical (unpaired) electrons. The van der Waals surface area contributed by atoms with E-state index in [2.05, 4.69) is 5.10 Å². The highest BCUT2D eigenvalue weighted by Gasteiger charge is 2.12. The molecule has 0 fully saturated rings. The molecule has 1 atom stereocenters. The average Bonchev–Trinajstić information content (AvgIpc) is 2.61. The fraction of sp³-hybridized carbons (Fsp3) is 0.308. The SMILES string of the molecule is Cc1cc(C(N)Cc2ccc(F)cc2)n(C)n1. The predicted molar refractivity (Wildman–Crippen MR) is 65.0 cm³/mol. The Balaban J connectivity index is 2.14. The van der Waals surface area contributed by atoms with Gasteiger partial charge < -0.3 is 5.73 Å². The van der Waals surface area contributed by atoms with Crippen LogP contribution in [0.4, 0.5) is 4.39 Å². The summed E-state index contributed by atoms with van der Waals surface area (Å²) in [5.41, 5.74) is 9.10. The zero-order valence-corrected chi connectivity index (χ0v) is 10.0. The van der Waals surface area contributed by atoms with Crippen molar-refractivity contribution in [3.63, 3.8) is 0 Å². The van der Waals surface area contributed by atoms with Crippen LogP contribution < -0.4 is 5.73 Å². The molecule has 0 aliphatic heterocycles. The van der Waals surface area contributed by atoms with Gasteiger partial charge in [-0.2, -0.15) is 5.10 Å². The lowest BCUT2D eigenvalue weighted by atomic mass is 10.0. The van der Waals surface area contributed by atoms with E-state index in [0.717, 1.165) is 17.0 Å². The first kappa shape index (κ1) is 11.8. The van der Waals surface area contributed by atoms with Crippen molar-refractivity contribution in [2.45, 2.75) is 19.4 Å². The molecule has 2 rings (SSSR count). The van der Waals surface area contributed by atoms with Gasteiger partial charge in [-0.25, -0.2) is 4.39 Å². The molecular formula is C13H16FN3. The highest BCUT2D eigenvalue weighted by atomic mass is 19.1. The maximum atomic E-state index is 12.8.